The Morgan fingerprint density at radius 1 is 1.31 bits per heavy atom. The number of hydrogen-bond donors (Lipinski definition) is 0. The number of nitrogens with zero attached hydrogens (tertiary/aromatic N) is 2. The van der Waals surface area contributed by atoms with Crippen LogP contribution in [0.15, 0.2) is 18.2 Å². The van der Waals surface area contributed by atoms with Gasteiger partial charge >= 0.3 is 0 Å². The molecule has 0 aromatic heterocycles. The zero-order valence-corrected chi connectivity index (χ0v) is 16.6. The minimum absolute atomic E-state index is 0.00123. The molecule has 0 radical (unpaired) electrons. The molecule has 26 heavy (non-hydrogen) atoms. The molecular formula is C17H20Cl2N2O4S. The van der Waals surface area contributed by atoms with Crippen molar-refractivity contribution in [3.8, 4) is 0 Å². The summed E-state index contributed by atoms with van der Waals surface area (Å²) in [6.07, 6.45) is 0.579. The first kappa shape index (κ1) is 19.5. The third-order valence-corrected chi connectivity index (χ3v) is 7.43. The number of likely N-dealkylation sites (tertiary alicyclic amines) is 1. The van der Waals surface area contributed by atoms with Crippen molar-refractivity contribution in [2.75, 3.05) is 25.1 Å². The Morgan fingerprint density at radius 2 is 2.04 bits per heavy atom. The van der Waals surface area contributed by atoms with Crippen LogP contribution in [-0.2, 0) is 26.0 Å². The normalized spacial score (nSPS) is 24.9. The number of benzene rings is 1. The maximum absolute atomic E-state index is 12.7. The van der Waals surface area contributed by atoms with Crippen molar-refractivity contribution in [2.24, 2.45) is 5.92 Å². The fourth-order valence-electron chi connectivity index (χ4n) is 3.57. The molecule has 9 heteroatoms. The lowest BCUT2D eigenvalue weighted by Crippen LogP contribution is -2.39. The first-order valence-corrected chi connectivity index (χ1v) is 10.9. The van der Waals surface area contributed by atoms with Gasteiger partial charge in [0.05, 0.1) is 27.5 Å². The van der Waals surface area contributed by atoms with E-state index in [1.54, 1.807) is 35.0 Å². The fourth-order valence-corrected chi connectivity index (χ4v) is 5.62. The molecule has 3 rings (SSSR count). The van der Waals surface area contributed by atoms with Crippen LogP contribution in [0.2, 0.25) is 10.0 Å². The van der Waals surface area contributed by atoms with E-state index in [0.717, 1.165) is 5.56 Å². The van der Waals surface area contributed by atoms with Crippen LogP contribution in [0.25, 0.3) is 0 Å². The van der Waals surface area contributed by atoms with Crippen LogP contribution in [0, 0.1) is 5.92 Å². The number of carbonyl (C=O) groups is 2. The van der Waals surface area contributed by atoms with Gasteiger partial charge in [-0.05, 0) is 24.1 Å². The summed E-state index contributed by atoms with van der Waals surface area (Å²) in [5.41, 5.74) is 0.846. The zero-order chi connectivity index (χ0) is 19.1. The average Bonchev–Trinajstić information content (AvgIpc) is 3.12. The Balaban J connectivity index is 1.63. The SMILES string of the molecule is CN(Cc1ccc(Cl)c(Cl)c1)C(=O)[C@@H]1CC(=O)N([C@H]2CCS(=O)(=O)C2)C1. The molecule has 0 saturated carbocycles. The molecule has 2 saturated heterocycles. The van der Waals surface area contributed by atoms with Crippen LogP contribution in [0.1, 0.15) is 18.4 Å². The van der Waals surface area contributed by atoms with Crippen molar-refractivity contribution in [3.05, 3.63) is 33.8 Å². The molecule has 2 aliphatic heterocycles. The van der Waals surface area contributed by atoms with E-state index in [-0.39, 0.29) is 42.3 Å². The molecule has 1 aromatic carbocycles. The summed E-state index contributed by atoms with van der Waals surface area (Å²) in [6, 6.07) is 4.89. The third kappa shape index (κ3) is 4.15. The largest absolute Gasteiger partial charge is 0.341 e. The molecule has 0 bridgehead atoms. The summed E-state index contributed by atoms with van der Waals surface area (Å²) in [5.74, 6) is -0.615. The zero-order valence-electron chi connectivity index (χ0n) is 14.3. The Labute approximate surface area is 163 Å². The van der Waals surface area contributed by atoms with Gasteiger partial charge in [-0.1, -0.05) is 29.3 Å². The lowest BCUT2D eigenvalue weighted by Gasteiger charge is -2.24. The summed E-state index contributed by atoms with van der Waals surface area (Å²) in [5, 5.41) is 0.877. The number of amides is 2. The summed E-state index contributed by atoms with van der Waals surface area (Å²) in [7, 11) is -1.39. The average molecular weight is 419 g/mol. The summed E-state index contributed by atoms with van der Waals surface area (Å²) >= 11 is 11.9. The molecule has 2 atom stereocenters. The van der Waals surface area contributed by atoms with Crippen LogP contribution < -0.4 is 0 Å². The smallest absolute Gasteiger partial charge is 0.228 e. The second-order valence-corrected chi connectivity index (χ2v) is 9.99. The van der Waals surface area contributed by atoms with E-state index in [1.807, 2.05) is 0 Å². The summed E-state index contributed by atoms with van der Waals surface area (Å²) in [4.78, 5) is 28.1. The van der Waals surface area contributed by atoms with Crippen LogP contribution >= 0.6 is 23.2 Å². The standard InChI is InChI=1S/C17H20Cl2N2O4S/c1-20(8-11-2-3-14(18)15(19)6-11)17(23)12-7-16(22)21(9-12)13-4-5-26(24,25)10-13/h2-3,6,12-13H,4-5,7-10H2,1H3/t12-,13+/m1/s1. The molecule has 142 valence electrons. The van der Waals surface area contributed by atoms with E-state index in [2.05, 4.69) is 0 Å². The minimum atomic E-state index is -3.07. The highest BCUT2D eigenvalue weighted by atomic mass is 35.5. The Morgan fingerprint density at radius 3 is 2.65 bits per heavy atom. The van der Waals surface area contributed by atoms with Gasteiger partial charge in [0.25, 0.3) is 0 Å². The van der Waals surface area contributed by atoms with Gasteiger partial charge in [0.15, 0.2) is 9.84 Å². The van der Waals surface area contributed by atoms with Gasteiger partial charge in [0.2, 0.25) is 11.8 Å². The molecule has 6 nitrogen and oxygen atoms in total. The first-order chi connectivity index (χ1) is 12.2. The molecule has 0 aliphatic carbocycles. The Bertz CT molecular complexity index is 843. The molecule has 1 aromatic rings. The third-order valence-electron chi connectivity index (χ3n) is 4.94. The quantitative estimate of drug-likeness (QED) is 0.748. The predicted molar refractivity (Wildman–Crippen MR) is 99.8 cm³/mol. The van der Waals surface area contributed by atoms with Crippen LogP contribution in [0.5, 0.6) is 0 Å². The molecule has 2 heterocycles. The van der Waals surface area contributed by atoms with Gasteiger partial charge in [-0.15, -0.1) is 0 Å². The summed E-state index contributed by atoms with van der Waals surface area (Å²) in [6.45, 7) is 0.641. The fraction of sp³-hybridized carbons (Fsp3) is 0.529. The van der Waals surface area contributed by atoms with E-state index in [0.29, 0.717) is 23.0 Å². The molecule has 2 fully saturated rings. The van der Waals surface area contributed by atoms with E-state index >= 15 is 0 Å². The van der Waals surface area contributed by atoms with E-state index in [4.69, 9.17) is 23.2 Å². The second-order valence-electron chi connectivity index (χ2n) is 6.95. The highest BCUT2D eigenvalue weighted by Gasteiger charge is 2.42. The Kier molecular flexibility index (Phi) is 5.51. The van der Waals surface area contributed by atoms with Crippen molar-refractivity contribution >= 4 is 44.9 Å². The van der Waals surface area contributed by atoms with Crippen molar-refractivity contribution < 1.29 is 18.0 Å². The number of hydrogen-bond acceptors (Lipinski definition) is 4. The predicted octanol–water partition coefficient (Wildman–Crippen LogP) is 1.99. The number of rotatable bonds is 4. The van der Waals surface area contributed by atoms with Crippen molar-refractivity contribution in [1.29, 1.82) is 0 Å². The minimum Gasteiger partial charge on any atom is -0.341 e. The summed E-state index contributed by atoms with van der Waals surface area (Å²) < 4.78 is 23.3. The molecule has 2 amide bonds. The number of carbonyl (C=O) groups excluding carboxylic acids is 2. The number of sulfone groups is 1. The molecule has 0 unspecified atom stereocenters. The van der Waals surface area contributed by atoms with Crippen LogP contribution in [0.3, 0.4) is 0 Å². The second kappa shape index (κ2) is 7.37. The molecule has 2 aliphatic rings. The maximum Gasteiger partial charge on any atom is 0.228 e. The van der Waals surface area contributed by atoms with Gasteiger partial charge < -0.3 is 9.80 Å². The molecule has 0 N–H and O–H groups in total. The highest BCUT2D eigenvalue weighted by molar-refractivity contribution is 7.91. The first-order valence-electron chi connectivity index (χ1n) is 8.35. The van der Waals surface area contributed by atoms with Crippen LogP contribution in [0.4, 0.5) is 0 Å². The number of halogens is 2. The van der Waals surface area contributed by atoms with Crippen molar-refractivity contribution in [2.45, 2.75) is 25.4 Å². The molecular weight excluding hydrogens is 399 g/mol. The molecule has 0 spiro atoms. The van der Waals surface area contributed by atoms with Gasteiger partial charge in [0, 0.05) is 32.6 Å². The topological polar surface area (TPSA) is 74.8 Å². The van der Waals surface area contributed by atoms with Crippen molar-refractivity contribution in [3.63, 3.8) is 0 Å². The lowest BCUT2D eigenvalue weighted by atomic mass is 10.1. The maximum atomic E-state index is 12.7. The van der Waals surface area contributed by atoms with E-state index in [9.17, 15) is 18.0 Å². The van der Waals surface area contributed by atoms with E-state index < -0.39 is 15.8 Å². The Hall–Kier alpha value is -1.31. The van der Waals surface area contributed by atoms with E-state index in [1.165, 1.54) is 0 Å². The monoisotopic (exact) mass is 418 g/mol. The van der Waals surface area contributed by atoms with Gasteiger partial charge in [-0.25, -0.2) is 8.42 Å². The lowest BCUT2D eigenvalue weighted by molar-refractivity contribution is -0.135. The van der Waals surface area contributed by atoms with Crippen LogP contribution in [-0.4, -0.2) is 61.2 Å². The van der Waals surface area contributed by atoms with Gasteiger partial charge in [-0.3, -0.25) is 9.59 Å². The van der Waals surface area contributed by atoms with Gasteiger partial charge in [-0.2, -0.15) is 0 Å². The highest BCUT2D eigenvalue weighted by Crippen LogP contribution is 2.28. The van der Waals surface area contributed by atoms with Crippen molar-refractivity contribution in [1.82, 2.24) is 9.80 Å². The van der Waals surface area contributed by atoms with Gasteiger partial charge in [0.1, 0.15) is 0 Å².